The molecule has 3 N–H and O–H groups in total. The Morgan fingerprint density at radius 1 is 1.21 bits per heavy atom. The maximum absolute atomic E-state index is 13.2. The summed E-state index contributed by atoms with van der Waals surface area (Å²) in [5, 5.41) is 4.16. The topological polar surface area (TPSA) is 50.6 Å². The molecule has 5 nitrogen and oxygen atoms in total. The third kappa shape index (κ3) is 6.38. The van der Waals surface area contributed by atoms with E-state index in [-0.39, 0.29) is 11.7 Å². The van der Waals surface area contributed by atoms with Crippen LogP contribution >= 0.6 is 11.3 Å². The van der Waals surface area contributed by atoms with Gasteiger partial charge in [0, 0.05) is 11.4 Å². The fraction of sp³-hybridized carbons (Fsp3) is 0.476. The van der Waals surface area contributed by atoms with E-state index in [1.54, 1.807) is 28.4 Å². The molecule has 1 aromatic heterocycles. The lowest BCUT2D eigenvalue weighted by atomic mass is 10.2. The number of carbonyl (C=O) groups is 1. The zero-order valence-corrected chi connectivity index (χ0v) is 17.3. The van der Waals surface area contributed by atoms with Gasteiger partial charge >= 0.3 is 0 Å². The molecule has 1 aromatic carbocycles. The van der Waals surface area contributed by atoms with Gasteiger partial charge in [-0.1, -0.05) is 12.1 Å². The number of halogens is 1. The molecule has 0 radical (unpaired) electrons. The lowest BCUT2D eigenvalue weighted by Gasteiger charge is -2.24. The van der Waals surface area contributed by atoms with E-state index in [1.165, 1.54) is 22.6 Å². The molecule has 2 aromatic rings. The van der Waals surface area contributed by atoms with Crippen LogP contribution in [0.5, 0.6) is 0 Å². The molecule has 28 heavy (non-hydrogen) atoms. The zero-order valence-electron chi connectivity index (χ0n) is 16.5. The summed E-state index contributed by atoms with van der Waals surface area (Å²) in [5.74, 6) is -0.135. The number of carbonyl (C=O) groups excluding carboxylic acids is 1. The van der Waals surface area contributed by atoms with Gasteiger partial charge in [-0.15, -0.1) is 11.3 Å². The number of morpholine rings is 1. The predicted octanol–water partition coefficient (Wildman–Crippen LogP) is 0.203. The van der Waals surface area contributed by atoms with E-state index in [0.29, 0.717) is 19.6 Å². The minimum absolute atomic E-state index is 0.120. The van der Waals surface area contributed by atoms with Crippen molar-refractivity contribution in [2.24, 2.45) is 0 Å². The molecule has 1 amide bonds. The Balaban J connectivity index is 1.54. The third-order valence-corrected chi connectivity index (χ3v) is 6.17. The van der Waals surface area contributed by atoms with Gasteiger partial charge in [-0.25, -0.2) is 4.39 Å². The standard InChI is InChI=1S/C21H28FN3O2S/c1-17-6-13-28-20(17)16-25(15-18-2-4-19(22)5-3-18)21(26)14-23-7-8-24-9-11-27-12-10-24/h2-6,13,23H,7-12,14-16H2,1H3/p+2. The summed E-state index contributed by atoms with van der Waals surface area (Å²) in [6.45, 7) is 9.37. The Kier molecular flexibility index (Phi) is 7.97. The quantitative estimate of drug-likeness (QED) is 0.584. The van der Waals surface area contributed by atoms with Crippen LogP contribution in [0.15, 0.2) is 35.7 Å². The number of benzene rings is 1. The first kappa shape index (κ1) is 20.9. The fourth-order valence-corrected chi connectivity index (χ4v) is 4.27. The monoisotopic (exact) mass is 407 g/mol. The van der Waals surface area contributed by atoms with Crippen molar-refractivity contribution in [1.29, 1.82) is 0 Å². The summed E-state index contributed by atoms with van der Waals surface area (Å²) in [6.07, 6.45) is 0. The number of quaternary nitrogens is 2. The second-order valence-electron chi connectivity index (χ2n) is 7.30. The van der Waals surface area contributed by atoms with E-state index in [2.05, 4.69) is 23.7 Å². The van der Waals surface area contributed by atoms with Gasteiger partial charge in [-0.3, -0.25) is 4.79 Å². The lowest BCUT2D eigenvalue weighted by molar-refractivity contribution is -0.919. The lowest BCUT2D eigenvalue weighted by Crippen LogP contribution is -3.16. The van der Waals surface area contributed by atoms with Crippen molar-refractivity contribution in [1.82, 2.24) is 4.90 Å². The van der Waals surface area contributed by atoms with Crippen LogP contribution in [-0.4, -0.2) is 56.7 Å². The maximum Gasteiger partial charge on any atom is 0.278 e. The number of ether oxygens (including phenoxy) is 1. The van der Waals surface area contributed by atoms with E-state index in [0.717, 1.165) is 45.0 Å². The first-order valence-electron chi connectivity index (χ1n) is 9.90. The molecule has 7 heteroatoms. The molecule has 152 valence electrons. The summed E-state index contributed by atoms with van der Waals surface area (Å²) in [6, 6.07) is 8.49. The van der Waals surface area contributed by atoms with Gasteiger partial charge in [0.1, 0.15) is 32.0 Å². The minimum Gasteiger partial charge on any atom is -0.370 e. The highest BCUT2D eigenvalue weighted by atomic mass is 32.1. The molecule has 1 fully saturated rings. The smallest absolute Gasteiger partial charge is 0.278 e. The van der Waals surface area contributed by atoms with E-state index in [9.17, 15) is 9.18 Å². The molecule has 0 bridgehead atoms. The molecular weight excluding hydrogens is 377 g/mol. The van der Waals surface area contributed by atoms with Crippen LogP contribution in [-0.2, 0) is 22.6 Å². The second-order valence-corrected chi connectivity index (χ2v) is 8.30. The summed E-state index contributed by atoms with van der Waals surface area (Å²) in [7, 11) is 0. The van der Waals surface area contributed by atoms with Gasteiger partial charge in [0.25, 0.3) is 5.91 Å². The largest absolute Gasteiger partial charge is 0.370 e. The van der Waals surface area contributed by atoms with Gasteiger partial charge in [0.15, 0.2) is 6.54 Å². The van der Waals surface area contributed by atoms with E-state index < -0.39 is 0 Å². The third-order valence-electron chi connectivity index (χ3n) is 5.16. The molecule has 2 heterocycles. The first-order chi connectivity index (χ1) is 13.6. The molecular formula is C21H30FN3O2S+2. The van der Waals surface area contributed by atoms with Crippen LogP contribution in [0.4, 0.5) is 4.39 Å². The van der Waals surface area contributed by atoms with Gasteiger partial charge in [0.2, 0.25) is 0 Å². The number of nitrogens with zero attached hydrogens (tertiary/aromatic N) is 1. The molecule has 0 saturated carbocycles. The van der Waals surface area contributed by atoms with E-state index in [4.69, 9.17) is 4.74 Å². The van der Waals surface area contributed by atoms with Crippen LogP contribution in [0.2, 0.25) is 0 Å². The minimum atomic E-state index is -0.255. The van der Waals surface area contributed by atoms with Crippen molar-refractivity contribution < 1.29 is 24.1 Å². The maximum atomic E-state index is 13.2. The fourth-order valence-electron chi connectivity index (χ4n) is 3.35. The van der Waals surface area contributed by atoms with E-state index >= 15 is 0 Å². The zero-order chi connectivity index (χ0) is 19.8. The van der Waals surface area contributed by atoms with Crippen LogP contribution in [0.1, 0.15) is 16.0 Å². The average Bonchev–Trinajstić information content (AvgIpc) is 3.11. The van der Waals surface area contributed by atoms with Crippen molar-refractivity contribution in [3.63, 3.8) is 0 Å². The highest BCUT2D eigenvalue weighted by molar-refractivity contribution is 7.10. The number of amides is 1. The number of thiophene rings is 1. The molecule has 0 aliphatic carbocycles. The number of nitrogens with two attached hydrogens (primary N) is 1. The number of nitrogens with one attached hydrogen (secondary N) is 1. The molecule has 3 rings (SSSR count). The van der Waals surface area contributed by atoms with Crippen molar-refractivity contribution in [3.05, 3.63) is 57.5 Å². The Morgan fingerprint density at radius 3 is 2.64 bits per heavy atom. The molecule has 1 aliphatic heterocycles. The SMILES string of the molecule is Cc1ccsc1CN(Cc1ccc(F)cc1)C(=O)C[NH2+]CC[NH+]1CCOCC1. The summed E-state index contributed by atoms with van der Waals surface area (Å²) >= 11 is 1.68. The highest BCUT2D eigenvalue weighted by Gasteiger charge is 2.19. The van der Waals surface area contributed by atoms with Gasteiger partial charge in [-0.2, -0.15) is 0 Å². The van der Waals surface area contributed by atoms with Gasteiger partial charge in [-0.05, 0) is 41.6 Å². The summed E-state index contributed by atoms with van der Waals surface area (Å²) in [4.78, 5) is 17.5. The number of hydrogen-bond donors (Lipinski definition) is 2. The number of rotatable bonds is 9. The van der Waals surface area contributed by atoms with Crippen molar-refractivity contribution in [2.75, 3.05) is 45.9 Å². The molecule has 0 spiro atoms. The van der Waals surface area contributed by atoms with Crippen molar-refractivity contribution in [2.45, 2.75) is 20.0 Å². The molecule has 1 saturated heterocycles. The Labute approximate surface area is 170 Å². The number of aryl methyl sites for hydroxylation is 1. The highest BCUT2D eigenvalue weighted by Crippen LogP contribution is 2.19. The Hall–Kier alpha value is -1.80. The summed E-state index contributed by atoms with van der Waals surface area (Å²) in [5.41, 5.74) is 2.16. The number of hydrogen-bond acceptors (Lipinski definition) is 3. The predicted molar refractivity (Wildman–Crippen MR) is 108 cm³/mol. The van der Waals surface area contributed by atoms with Gasteiger partial charge in [0.05, 0.1) is 19.8 Å². The molecule has 0 unspecified atom stereocenters. The Bertz CT molecular complexity index is 744. The summed E-state index contributed by atoms with van der Waals surface area (Å²) < 4.78 is 18.6. The second kappa shape index (κ2) is 10.7. The van der Waals surface area contributed by atoms with Crippen molar-refractivity contribution >= 4 is 17.2 Å². The molecule has 1 aliphatic rings. The average molecular weight is 408 g/mol. The first-order valence-corrected chi connectivity index (χ1v) is 10.8. The van der Waals surface area contributed by atoms with Gasteiger partial charge < -0.3 is 19.9 Å². The van der Waals surface area contributed by atoms with Crippen LogP contribution < -0.4 is 10.2 Å². The van der Waals surface area contributed by atoms with Crippen LogP contribution in [0.3, 0.4) is 0 Å². The van der Waals surface area contributed by atoms with Crippen molar-refractivity contribution in [3.8, 4) is 0 Å². The van der Waals surface area contributed by atoms with Crippen LogP contribution in [0.25, 0.3) is 0 Å². The van der Waals surface area contributed by atoms with Crippen LogP contribution in [0, 0.1) is 12.7 Å². The molecule has 0 atom stereocenters. The normalized spacial score (nSPS) is 14.9. The van der Waals surface area contributed by atoms with E-state index in [1.807, 2.05) is 4.90 Å². The Morgan fingerprint density at radius 2 is 1.96 bits per heavy atom.